The Morgan fingerprint density at radius 1 is 0.745 bits per heavy atom. The maximum Gasteiger partial charge on any atom is 0.255 e. The number of anilines is 1. The lowest BCUT2D eigenvalue weighted by Gasteiger charge is -2.48. The molecule has 4 aromatic rings. The summed E-state index contributed by atoms with van der Waals surface area (Å²) in [5, 5.41) is 57.1. The van der Waals surface area contributed by atoms with Gasteiger partial charge in [-0.15, -0.1) is 0 Å². The minimum Gasteiger partial charge on any atom is -0.394 e. The molecule has 3 aliphatic rings. The summed E-state index contributed by atoms with van der Waals surface area (Å²) < 4.78 is 35.0. The first-order valence-corrected chi connectivity index (χ1v) is 18.0. The van der Waals surface area contributed by atoms with E-state index in [2.05, 4.69) is 5.32 Å². The van der Waals surface area contributed by atoms with Crippen molar-refractivity contribution in [2.24, 2.45) is 0 Å². The highest BCUT2D eigenvalue weighted by molar-refractivity contribution is 6.34. The number of ketones is 1. The van der Waals surface area contributed by atoms with Gasteiger partial charge in [0.05, 0.1) is 30.5 Å². The number of fused-ring (bicyclic) bond motifs is 1. The number of ether oxygens (including phenoxy) is 6. The molecule has 0 aliphatic carbocycles. The van der Waals surface area contributed by atoms with Crippen LogP contribution in [-0.4, -0.2) is 112 Å². The van der Waals surface area contributed by atoms with Crippen molar-refractivity contribution < 1.29 is 63.5 Å². The fourth-order valence-corrected chi connectivity index (χ4v) is 6.81. The number of carbonyl (C=O) groups excluding carboxylic acids is 2. The number of hydrogen-bond acceptors (Lipinski definition) is 13. The van der Waals surface area contributed by atoms with Crippen LogP contribution in [-0.2, 0) is 35.0 Å². The fraction of sp³-hybridized carbons (Fsp3) is 0.350. The number of aliphatic hydroxyl groups excluding tert-OH is 5. The van der Waals surface area contributed by atoms with Gasteiger partial charge < -0.3 is 59.3 Å². The summed E-state index contributed by atoms with van der Waals surface area (Å²) in [5.74, 6) is -0.645. The Kier molecular flexibility index (Phi) is 12.3. The lowest BCUT2D eigenvalue weighted by molar-refractivity contribution is -0.386. The molecular weight excluding hydrogens is 738 g/mol. The second-order valence-electron chi connectivity index (χ2n) is 13.4. The Labute approximate surface area is 320 Å². The zero-order chi connectivity index (χ0) is 38.6. The second kappa shape index (κ2) is 17.3. The van der Waals surface area contributed by atoms with Gasteiger partial charge in [0.25, 0.3) is 5.91 Å². The van der Waals surface area contributed by atoms with Gasteiger partial charge in [0.1, 0.15) is 48.8 Å². The minimum atomic E-state index is -1.68. The number of aliphatic hydroxyl groups is 5. The summed E-state index contributed by atoms with van der Waals surface area (Å²) in [7, 11) is 0. The topological polar surface area (TPSA) is 203 Å². The third-order valence-corrected chi connectivity index (χ3v) is 9.99. The summed E-state index contributed by atoms with van der Waals surface area (Å²) in [4.78, 5) is 25.8. The first-order valence-electron chi connectivity index (χ1n) is 17.6. The molecule has 3 saturated heterocycles. The summed E-state index contributed by atoms with van der Waals surface area (Å²) in [6.45, 7) is -0.840. The van der Waals surface area contributed by atoms with Gasteiger partial charge >= 0.3 is 0 Å². The SMILES string of the molecule is O=C(Nc1cc(CO[C@@H]2O[C@H](CO)[C@@H](O[C@H]3O[C@@H]4COC(c5ccccc5)O[C@H]4[C@H](O)[C@H]3O)[C@H](O)[C@H]2O)ccc1Cl)c1ccc(C(=O)c2ccccc2)cc1. The van der Waals surface area contributed by atoms with E-state index in [0.29, 0.717) is 22.3 Å². The molecule has 55 heavy (non-hydrogen) atoms. The lowest BCUT2D eigenvalue weighted by atomic mass is 9.96. The smallest absolute Gasteiger partial charge is 0.255 e. The molecule has 3 fully saturated rings. The molecule has 3 aliphatic heterocycles. The van der Waals surface area contributed by atoms with Gasteiger partial charge in [-0.25, -0.2) is 0 Å². The number of hydrogen-bond donors (Lipinski definition) is 6. The molecule has 15 heteroatoms. The van der Waals surface area contributed by atoms with Crippen LogP contribution in [0.3, 0.4) is 0 Å². The van der Waals surface area contributed by atoms with Crippen molar-refractivity contribution >= 4 is 29.0 Å². The molecule has 0 radical (unpaired) electrons. The molecule has 3 heterocycles. The van der Waals surface area contributed by atoms with Crippen molar-refractivity contribution in [1.82, 2.24) is 0 Å². The van der Waals surface area contributed by atoms with E-state index in [1.165, 1.54) is 12.1 Å². The average molecular weight is 778 g/mol. The van der Waals surface area contributed by atoms with Gasteiger partial charge in [0.2, 0.25) is 0 Å². The van der Waals surface area contributed by atoms with E-state index in [0.717, 1.165) is 5.56 Å². The molecule has 0 aromatic heterocycles. The van der Waals surface area contributed by atoms with E-state index in [9.17, 15) is 35.1 Å². The molecule has 0 saturated carbocycles. The van der Waals surface area contributed by atoms with E-state index in [4.69, 9.17) is 40.0 Å². The van der Waals surface area contributed by atoms with E-state index in [1.54, 1.807) is 66.7 Å². The van der Waals surface area contributed by atoms with Crippen LogP contribution in [0.2, 0.25) is 5.02 Å². The van der Waals surface area contributed by atoms with Gasteiger partial charge in [0, 0.05) is 22.3 Å². The molecule has 0 spiro atoms. The third-order valence-electron chi connectivity index (χ3n) is 9.66. The quantitative estimate of drug-likeness (QED) is 0.122. The average Bonchev–Trinajstić information content (AvgIpc) is 3.22. The second-order valence-corrected chi connectivity index (χ2v) is 13.8. The zero-order valence-electron chi connectivity index (χ0n) is 29.2. The van der Waals surface area contributed by atoms with Crippen LogP contribution >= 0.6 is 11.6 Å². The van der Waals surface area contributed by atoms with Crippen molar-refractivity contribution in [3.8, 4) is 0 Å². The molecule has 7 rings (SSSR count). The number of rotatable bonds is 11. The highest BCUT2D eigenvalue weighted by Crippen LogP contribution is 2.36. The Balaban J connectivity index is 0.940. The summed E-state index contributed by atoms with van der Waals surface area (Å²) in [6, 6.07) is 28.8. The normalized spacial score (nSPS) is 30.6. The van der Waals surface area contributed by atoms with E-state index < -0.39 is 80.2 Å². The Morgan fingerprint density at radius 3 is 2.11 bits per heavy atom. The third kappa shape index (κ3) is 8.66. The van der Waals surface area contributed by atoms with E-state index in [1.807, 2.05) is 24.3 Å². The Hall–Kier alpha value is -4.13. The van der Waals surface area contributed by atoms with Crippen molar-refractivity contribution in [2.75, 3.05) is 18.5 Å². The predicted molar refractivity (Wildman–Crippen MR) is 194 cm³/mol. The van der Waals surface area contributed by atoms with Gasteiger partial charge in [0.15, 0.2) is 24.7 Å². The zero-order valence-corrected chi connectivity index (χ0v) is 29.9. The molecular formula is C40H40ClNO13. The number of nitrogens with one attached hydrogen (secondary N) is 1. The van der Waals surface area contributed by atoms with Gasteiger partial charge in [-0.1, -0.05) is 90.5 Å². The summed E-state index contributed by atoms with van der Waals surface area (Å²) in [5.41, 5.74) is 2.75. The van der Waals surface area contributed by atoms with Gasteiger partial charge in [-0.05, 0) is 29.8 Å². The molecule has 1 unspecified atom stereocenters. The van der Waals surface area contributed by atoms with Gasteiger partial charge in [-0.2, -0.15) is 0 Å². The van der Waals surface area contributed by atoms with Crippen molar-refractivity contribution in [1.29, 1.82) is 0 Å². The van der Waals surface area contributed by atoms with E-state index in [-0.39, 0.29) is 29.7 Å². The first kappa shape index (κ1) is 39.1. The summed E-state index contributed by atoms with van der Waals surface area (Å²) in [6.07, 6.45) is -14.6. The Morgan fingerprint density at radius 2 is 1.40 bits per heavy atom. The Bertz CT molecular complexity index is 1920. The van der Waals surface area contributed by atoms with Crippen LogP contribution in [0.4, 0.5) is 5.69 Å². The number of carbonyl (C=O) groups is 2. The first-order chi connectivity index (χ1) is 26.6. The monoisotopic (exact) mass is 777 g/mol. The predicted octanol–water partition coefficient (Wildman–Crippen LogP) is 2.73. The molecule has 14 nitrogen and oxygen atoms in total. The highest BCUT2D eigenvalue weighted by Gasteiger charge is 2.53. The minimum absolute atomic E-state index is 0.0000983. The molecule has 4 aromatic carbocycles. The molecule has 290 valence electrons. The van der Waals surface area contributed by atoms with Crippen LogP contribution in [0.5, 0.6) is 0 Å². The van der Waals surface area contributed by atoms with Crippen LogP contribution < -0.4 is 5.32 Å². The standard InChI is InChI=1S/C40H40ClNO13/c41-26-16-11-21(17-27(26)42-37(49)24-14-12-23(13-15-24)30(44)22-7-3-1-4-8-22)19-50-39-33(47)31(45)35(28(18-43)52-39)55-40-34(48)32(46)36-29(53-40)20-51-38(54-36)25-9-5-2-6-10-25/h1-17,28-29,31-36,38-40,43,45-48H,18-20H2,(H,42,49)/t28-,29-,31-,32-,33-,34-,35-,36-,38?,39-,40-/m1/s1. The van der Waals surface area contributed by atoms with Crippen molar-refractivity contribution in [3.63, 3.8) is 0 Å². The number of amides is 1. The maximum atomic E-state index is 13.1. The maximum absolute atomic E-state index is 13.1. The number of benzene rings is 4. The van der Waals surface area contributed by atoms with Crippen LogP contribution in [0.25, 0.3) is 0 Å². The van der Waals surface area contributed by atoms with Crippen molar-refractivity contribution in [2.45, 2.75) is 74.3 Å². The largest absolute Gasteiger partial charge is 0.394 e. The van der Waals surface area contributed by atoms with Crippen LogP contribution in [0, 0.1) is 0 Å². The van der Waals surface area contributed by atoms with Crippen LogP contribution in [0.1, 0.15) is 43.7 Å². The molecule has 6 N–H and O–H groups in total. The van der Waals surface area contributed by atoms with Crippen LogP contribution in [0.15, 0.2) is 103 Å². The summed E-state index contributed by atoms with van der Waals surface area (Å²) >= 11 is 6.38. The molecule has 11 atom stereocenters. The van der Waals surface area contributed by atoms with E-state index >= 15 is 0 Å². The molecule has 1 amide bonds. The highest BCUT2D eigenvalue weighted by atomic mass is 35.5. The van der Waals surface area contributed by atoms with Crippen molar-refractivity contribution in [3.05, 3.63) is 136 Å². The molecule has 0 bridgehead atoms. The fourth-order valence-electron chi connectivity index (χ4n) is 6.64. The van der Waals surface area contributed by atoms with Gasteiger partial charge in [-0.3, -0.25) is 9.59 Å². The lowest BCUT2D eigenvalue weighted by Crippen LogP contribution is -2.65. The number of halogens is 1.